The van der Waals surface area contributed by atoms with Gasteiger partial charge in [0.2, 0.25) is 5.91 Å². The summed E-state index contributed by atoms with van der Waals surface area (Å²) in [6.45, 7) is 8.36. The smallest absolute Gasteiger partial charge is 0.220 e. The Kier molecular flexibility index (Phi) is 8.56. The van der Waals surface area contributed by atoms with Gasteiger partial charge in [0.05, 0.1) is 0 Å². The number of guanidine groups is 1. The second-order valence-corrected chi connectivity index (χ2v) is 7.80. The summed E-state index contributed by atoms with van der Waals surface area (Å²) in [4.78, 5) is 18.9. The van der Waals surface area contributed by atoms with Gasteiger partial charge in [0.1, 0.15) is 0 Å². The van der Waals surface area contributed by atoms with E-state index in [0.29, 0.717) is 12.3 Å². The third-order valence-electron chi connectivity index (χ3n) is 6.04. The van der Waals surface area contributed by atoms with Crippen LogP contribution in [0.5, 0.6) is 0 Å². The predicted molar refractivity (Wildman–Crippen MR) is 105 cm³/mol. The summed E-state index contributed by atoms with van der Waals surface area (Å²) >= 11 is 0. The van der Waals surface area contributed by atoms with Gasteiger partial charge in [-0.05, 0) is 50.4 Å². The van der Waals surface area contributed by atoms with E-state index in [1.54, 1.807) is 7.05 Å². The highest BCUT2D eigenvalue weighted by atomic mass is 16.1. The molecule has 0 aromatic rings. The minimum Gasteiger partial charge on any atom is -0.359 e. The van der Waals surface area contributed by atoms with E-state index in [2.05, 4.69) is 29.4 Å². The number of piperidine rings is 1. The fourth-order valence-electron chi connectivity index (χ4n) is 4.18. The molecule has 1 aliphatic carbocycles. The molecule has 144 valence electrons. The Hall–Kier alpha value is -1.26. The molecule has 0 radical (unpaired) electrons. The monoisotopic (exact) mass is 350 g/mol. The number of rotatable bonds is 6. The highest BCUT2D eigenvalue weighted by molar-refractivity contribution is 5.80. The predicted octanol–water partition coefficient (Wildman–Crippen LogP) is 3.02. The number of aliphatic imine (C=N–C) groups is 1. The van der Waals surface area contributed by atoms with Crippen molar-refractivity contribution in [2.75, 3.05) is 33.2 Å². The molecule has 5 nitrogen and oxygen atoms in total. The van der Waals surface area contributed by atoms with Crippen LogP contribution in [-0.2, 0) is 4.79 Å². The molecule has 5 heteroatoms. The van der Waals surface area contributed by atoms with Crippen molar-refractivity contribution in [3.8, 4) is 0 Å². The first kappa shape index (κ1) is 20.1. The lowest BCUT2D eigenvalue weighted by Crippen LogP contribution is -2.46. The fraction of sp³-hybridized carbons (Fsp3) is 0.900. The molecule has 1 aliphatic heterocycles. The highest BCUT2D eigenvalue weighted by Crippen LogP contribution is 2.30. The molecule has 0 bridgehead atoms. The molecule has 0 aromatic carbocycles. The SMILES string of the molecule is CCNC(=NCC1CCC(CC)CC1)N1CCC(CC(=O)NC)CC1. The molecule has 2 aliphatic rings. The minimum atomic E-state index is 0.168. The number of likely N-dealkylation sites (tertiary alicyclic amines) is 1. The number of nitrogens with zero attached hydrogens (tertiary/aromatic N) is 2. The Bertz CT molecular complexity index is 421. The van der Waals surface area contributed by atoms with Crippen LogP contribution in [0.3, 0.4) is 0 Å². The Morgan fingerprint density at radius 2 is 1.64 bits per heavy atom. The van der Waals surface area contributed by atoms with Gasteiger partial charge in [0.15, 0.2) is 5.96 Å². The van der Waals surface area contributed by atoms with Gasteiger partial charge in [0.25, 0.3) is 0 Å². The zero-order valence-corrected chi connectivity index (χ0v) is 16.5. The number of amides is 1. The van der Waals surface area contributed by atoms with Crippen LogP contribution in [0, 0.1) is 17.8 Å². The van der Waals surface area contributed by atoms with Gasteiger partial charge >= 0.3 is 0 Å². The third-order valence-corrected chi connectivity index (χ3v) is 6.04. The van der Waals surface area contributed by atoms with Crippen LogP contribution in [0.1, 0.15) is 65.2 Å². The largest absolute Gasteiger partial charge is 0.359 e. The van der Waals surface area contributed by atoms with Crippen LogP contribution in [0.2, 0.25) is 0 Å². The first-order valence-corrected chi connectivity index (χ1v) is 10.4. The van der Waals surface area contributed by atoms with E-state index in [9.17, 15) is 4.79 Å². The molecule has 2 N–H and O–H groups in total. The lowest BCUT2D eigenvalue weighted by Gasteiger charge is -2.34. The summed E-state index contributed by atoms with van der Waals surface area (Å²) in [6, 6.07) is 0. The minimum absolute atomic E-state index is 0.168. The zero-order valence-electron chi connectivity index (χ0n) is 16.5. The van der Waals surface area contributed by atoms with E-state index >= 15 is 0 Å². The molecule has 2 fully saturated rings. The van der Waals surface area contributed by atoms with E-state index < -0.39 is 0 Å². The van der Waals surface area contributed by atoms with Crippen molar-refractivity contribution in [1.29, 1.82) is 0 Å². The first-order valence-electron chi connectivity index (χ1n) is 10.4. The van der Waals surface area contributed by atoms with Gasteiger partial charge in [-0.25, -0.2) is 0 Å². The molecule has 1 saturated heterocycles. The second kappa shape index (κ2) is 10.7. The summed E-state index contributed by atoms with van der Waals surface area (Å²) in [7, 11) is 1.72. The first-order chi connectivity index (χ1) is 12.2. The Morgan fingerprint density at radius 3 is 2.20 bits per heavy atom. The van der Waals surface area contributed by atoms with Gasteiger partial charge in [-0.3, -0.25) is 9.79 Å². The quantitative estimate of drug-likeness (QED) is 0.572. The molecular formula is C20H38N4O. The maximum Gasteiger partial charge on any atom is 0.220 e. The van der Waals surface area contributed by atoms with Crippen molar-refractivity contribution in [3.05, 3.63) is 0 Å². The Balaban J connectivity index is 1.81. The molecule has 25 heavy (non-hydrogen) atoms. The van der Waals surface area contributed by atoms with Gasteiger partial charge in [-0.2, -0.15) is 0 Å². The lowest BCUT2D eigenvalue weighted by atomic mass is 9.81. The van der Waals surface area contributed by atoms with Gasteiger partial charge in [-0.15, -0.1) is 0 Å². The maximum absolute atomic E-state index is 11.6. The standard InChI is InChI=1S/C20H38N4O/c1-4-16-6-8-18(9-7-16)15-23-20(22-5-2)24-12-10-17(11-13-24)14-19(25)21-3/h16-18H,4-15H2,1-3H3,(H,21,25)(H,22,23). The Morgan fingerprint density at radius 1 is 1.00 bits per heavy atom. The molecule has 0 spiro atoms. The average Bonchev–Trinajstić information content (AvgIpc) is 2.66. The summed E-state index contributed by atoms with van der Waals surface area (Å²) in [5, 5.41) is 6.22. The third kappa shape index (κ3) is 6.52. The molecule has 0 atom stereocenters. The zero-order chi connectivity index (χ0) is 18.1. The van der Waals surface area contributed by atoms with Crippen molar-refractivity contribution >= 4 is 11.9 Å². The van der Waals surface area contributed by atoms with E-state index in [4.69, 9.17) is 4.99 Å². The van der Waals surface area contributed by atoms with E-state index in [0.717, 1.165) is 56.8 Å². The molecular weight excluding hydrogens is 312 g/mol. The molecule has 0 unspecified atom stereocenters. The van der Waals surface area contributed by atoms with Crippen LogP contribution in [0.4, 0.5) is 0 Å². The van der Waals surface area contributed by atoms with Crippen LogP contribution in [-0.4, -0.2) is 50.0 Å². The van der Waals surface area contributed by atoms with Crippen LogP contribution in [0.15, 0.2) is 4.99 Å². The normalized spacial score (nSPS) is 25.7. The van der Waals surface area contributed by atoms with Crippen molar-refractivity contribution in [1.82, 2.24) is 15.5 Å². The molecule has 1 saturated carbocycles. The summed E-state index contributed by atoms with van der Waals surface area (Å²) in [5.74, 6) is 3.48. The molecule has 1 amide bonds. The average molecular weight is 351 g/mol. The van der Waals surface area contributed by atoms with E-state index in [1.807, 2.05) is 0 Å². The van der Waals surface area contributed by atoms with Crippen LogP contribution < -0.4 is 10.6 Å². The molecule has 0 aromatic heterocycles. The number of hydrogen-bond donors (Lipinski definition) is 2. The summed E-state index contributed by atoms with van der Waals surface area (Å²) < 4.78 is 0. The number of nitrogens with one attached hydrogen (secondary N) is 2. The van der Waals surface area contributed by atoms with Crippen LogP contribution in [0.25, 0.3) is 0 Å². The van der Waals surface area contributed by atoms with E-state index in [-0.39, 0.29) is 5.91 Å². The summed E-state index contributed by atoms with van der Waals surface area (Å²) in [5.41, 5.74) is 0. The topological polar surface area (TPSA) is 56.7 Å². The van der Waals surface area contributed by atoms with Gasteiger partial charge in [0, 0.05) is 39.6 Å². The van der Waals surface area contributed by atoms with Gasteiger partial charge in [-0.1, -0.05) is 26.2 Å². The lowest BCUT2D eigenvalue weighted by molar-refractivity contribution is -0.121. The van der Waals surface area contributed by atoms with Crippen molar-refractivity contribution in [3.63, 3.8) is 0 Å². The van der Waals surface area contributed by atoms with Gasteiger partial charge < -0.3 is 15.5 Å². The molecule has 2 rings (SSSR count). The van der Waals surface area contributed by atoms with Crippen LogP contribution >= 0.6 is 0 Å². The number of carbonyl (C=O) groups excluding carboxylic acids is 1. The highest BCUT2D eigenvalue weighted by Gasteiger charge is 2.24. The number of hydrogen-bond acceptors (Lipinski definition) is 2. The van der Waals surface area contributed by atoms with Crippen molar-refractivity contribution < 1.29 is 4.79 Å². The Labute approximate surface area is 154 Å². The van der Waals surface area contributed by atoms with Crippen molar-refractivity contribution in [2.24, 2.45) is 22.7 Å². The number of carbonyl (C=O) groups is 1. The maximum atomic E-state index is 11.6. The van der Waals surface area contributed by atoms with Crippen molar-refractivity contribution in [2.45, 2.75) is 65.2 Å². The molecule has 1 heterocycles. The van der Waals surface area contributed by atoms with E-state index in [1.165, 1.54) is 32.1 Å². The summed E-state index contributed by atoms with van der Waals surface area (Å²) in [6.07, 6.45) is 9.63. The second-order valence-electron chi connectivity index (χ2n) is 7.80. The fourth-order valence-corrected chi connectivity index (χ4v) is 4.18.